The van der Waals surface area contributed by atoms with Gasteiger partial charge in [-0.2, -0.15) is 0 Å². The van der Waals surface area contributed by atoms with Crippen molar-refractivity contribution >= 4 is 15.9 Å². The summed E-state index contributed by atoms with van der Waals surface area (Å²) in [5.41, 5.74) is 3.52. The number of aryl methyl sites for hydroxylation is 2. The van der Waals surface area contributed by atoms with E-state index >= 15 is 0 Å². The molecule has 1 aromatic carbocycles. The van der Waals surface area contributed by atoms with E-state index in [9.17, 15) is 0 Å². The van der Waals surface area contributed by atoms with Crippen molar-refractivity contribution in [2.45, 2.75) is 26.3 Å². The summed E-state index contributed by atoms with van der Waals surface area (Å²) in [5, 5.41) is 11.6. The number of nitrogens with one attached hydrogen (secondary N) is 1. The fourth-order valence-electron chi connectivity index (χ4n) is 2.09. The third kappa shape index (κ3) is 3.22. The van der Waals surface area contributed by atoms with Crippen molar-refractivity contribution in [3.05, 3.63) is 45.7 Å². The zero-order chi connectivity index (χ0) is 13.8. The Bertz CT molecular complexity index is 550. The second-order valence-corrected chi connectivity index (χ2v) is 5.55. The lowest BCUT2D eigenvalue weighted by Crippen LogP contribution is -2.25. The summed E-state index contributed by atoms with van der Waals surface area (Å²) in [6.07, 6.45) is 2.91. The van der Waals surface area contributed by atoms with Gasteiger partial charge in [0.15, 0.2) is 0 Å². The minimum atomic E-state index is 0.106. The monoisotopic (exact) mass is 322 g/mol. The first-order chi connectivity index (χ1) is 9.13. The van der Waals surface area contributed by atoms with Gasteiger partial charge in [0.1, 0.15) is 0 Å². The molecule has 19 heavy (non-hydrogen) atoms. The van der Waals surface area contributed by atoms with Gasteiger partial charge < -0.3 is 5.32 Å². The first kappa shape index (κ1) is 14.2. The minimum Gasteiger partial charge on any atom is -0.305 e. The fraction of sp³-hybridized carbons (Fsp3) is 0.429. The summed E-state index contributed by atoms with van der Waals surface area (Å²) in [4.78, 5) is 0. The smallest absolute Gasteiger partial charge is 0.0799 e. The minimum absolute atomic E-state index is 0.106. The lowest BCUT2D eigenvalue weighted by molar-refractivity contribution is 0.549. The molecular weight excluding hydrogens is 304 g/mol. The summed E-state index contributed by atoms with van der Waals surface area (Å²) in [5.74, 6) is 0. The number of rotatable bonds is 5. The van der Waals surface area contributed by atoms with Crippen molar-refractivity contribution in [1.29, 1.82) is 0 Å². The third-order valence-electron chi connectivity index (χ3n) is 3.11. The van der Waals surface area contributed by atoms with E-state index in [1.54, 1.807) is 0 Å². The summed E-state index contributed by atoms with van der Waals surface area (Å²) in [6.45, 7) is 5.21. The molecule has 0 saturated carbocycles. The molecule has 1 N–H and O–H groups in total. The molecule has 0 fully saturated rings. The van der Waals surface area contributed by atoms with Gasteiger partial charge >= 0.3 is 0 Å². The van der Waals surface area contributed by atoms with E-state index in [1.807, 2.05) is 17.9 Å². The molecule has 0 radical (unpaired) electrons. The predicted octanol–water partition coefficient (Wildman–Crippen LogP) is 2.98. The highest BCUT2D eigenvalue weighted by atomic mass is 79.9. The van der Waals surface area contributed by atoms with E-state index in [1.165, 1.54) is 11.1 Å². The van der Waals surface area contributed by atoms with Gasteiger partial charge in [-0.1, -0.05) is 40.2 Å². The molecule has 102 valence electrons. The quantitative estimate of drug-likeness (QED) is 0.920. The van der Waals surface area contributed by atoms with Gasteiger partial charge in [0.25, 0.3) is 0 Å². The molecule has 0 aliphatic rings. The molecule has 0 amide bonds. The zero-order valence-corrected chi connectivity index (χ0v) is 13.1. The van der Waals surface area contributed by atoms with Gasteiger partial charge in [-0.25, -0.2) is 0 Å². The van der Waals surface area contributed by atoms with Crippen molar-refractivity contribution in [3.63, 3.8) is 0 Å². The van der Waals surface area contributed by atoms with Gasteiger partial charge in [0.05, 0.1) is 17.9 Å². The standard InChI is InChI=1S/C14H19BrN4/c1-4-7-16-14(13-9-17-18-19(13)3)11-6-5-10(2)8-12(11)15/h5-6,8-9,14,16H,4,7H2,1-3H3. The predicted molar refractivity (Wildman–Crippen MR) is 80.0 cm³/mol. The van der Waals surface area contributed by atoms with Crippen molar-refractivity contribution in [2.75, 3.05) is 6.54 Å². The molecule has 0 aliphatic heterocycles. The van der Waals surface area contributed by atoms with Gasteiger partial charge in [-0.05, 0) is 37.1 Å². The second-order valence-electron chi connectivity index (χ2n) is 4.69. The Morgan fingerprint density at radius 1 is 1.42 bits per heavy atom. The Morgan fingerprint density at radius 3 is 2.79 bits per heavy atom. The molecule has 1 atom stereocenters. The Morgan fingerprint density at radius 2 is 2.21 bits per heavy atom. The van der Waals surface area contributed by atoms with E-state index in [2.05, 4.69) is 63.6 Å². The van der Waals surface area contributed by atoms with Crippen LogP contribution in [0.25, 0.3) is 0 Å². The Kier molecular flexibility index (Phi) is 4.71. The van der Waals surface area contributed by atoms with E-state index in [0.717, 1.165) is 23.1 Å². The summed E-state index contributed by atoms with van der Waals surface area (Å²) < 4.78 is 2.93. The number of hydrogen-bond donors (Lipinski definition) is 1. The van der Waals surface area contributed by atoms with E-state index < -0.39 is 0 Å². The molecule has 0 spiro atoms. The largest absolute Gasteiger partial charge is 0.305 e. The van der Waals surface area contributed by atoms with Crippen LogP contribution in [0.4, 0.5) is 0 Å². The topological polar surface area (TPSA) is 42.7 Å². The third-order valence-corrected chi connectivity index (χ3v) is 3.80. The van der Waals surface area contributed by atoms with Gasteiger partial charge in [-0.15, -0.1) is 5.10 Å². The van der Waals surface area contributed by atoms with Crippen LogP contribution in [-0.2, 0) is 7.05 Å². The van der Waals surface area contributed by atoms with Crippen molar-refractivity contribution in [2.24, 2.45) is 7.05 Å². The maximum Gasteiger partial charge on any atom is 0.0799 e. The highest BCUT2D eigenvalue weighted by molar-refractivity contribution is 9.10. The average molecular weight is 323 g/mol. The van der Waals surface area contributed by atoms with Crippen LogP contribution in [0.5, 0.6) is 0 Å². The fourth-order valence-corrected chi connectivity index (χ4v) is 2.81. The normalized spacial score (nSPS) is 12.6. The van der Waals surface area contributed by atoms with Crippen molar-refractivity contribution in [3.8, 4) is 0 Å². The average Bonchev–Trinajstić information content (AvgIpc) is 2.78. The van der Waals surface area contributed by atoms with Crippen LogP contribution >= 0.6 is 15.9 Å². The molecule has 2 aromatic rings. The van der Waals surface area contributed by atoms with Gasteiger partial charge in [-0.3, -0.25) is 4.68 Å². The van der Waals surface area contributed by atoms with Crippen LogP contribution in [0.15, 0.2) is 28.9 Å². The molecule has 1 heterocycles. The lowest BCUT2D eigenvalue weighted by atomic mass is 10.0. The second kappa shape index (κ2) is 6.30. The van der Waals surface area contributed by atoms with Crippen LogP contribution < -0.4 is 5.32 Å². The summed E-state index contributed by atoms with van der Waals surface area (Å²) in [7, 11) is 1.92. The van der Waals surface area contributed by atoms with Crippen molar-refractivity contribution in [1.82, 2.24) is 20.3 Å². The molecule has 5 heteroatoms. The molecule has 1 aromatic heterocycles. The molecule has 0 aliphatic carbocycles. The molecular formula is C14H19BrN4. The van der Waals surface area contributed by atoms with Crippen LogP contribution in [-0.4, -0.2) is 21.5 Å². The van der Waals surface area contributed by atoms with Crippen molar-refractivity contribution < 1.29 is 0 Å². The zero-order valence-electron chi connectivity index (χ0n) is 11.5. The van der Waals surface area contributed by atoms with Crippen LogP contribution in [0.1, 0.15) is 36.2 Å². The number of halogens is 1. The maximum absolute atomic E-state index is 4.03. The first-order valence-electron chi connectivity index (χ1n) is 6.47. The number of hydrogen-bond acceptors (Lipinski definition) is 3. The Hall–Kier alpha value is -1.20. The Labute approximate surface area is 122 Å². The highest BCUT2D eigenvalue weighted by Gasteiger charge is 2.19. The van der Waals surface area contributed by atoms with Gasteiger partial charge in [0, 0.05) is 11.5 Å². The molecule has 1 unspecified atom stereocenters. The van der Waals surface area contributed by atoms with E-state index in [0.29, 0.717) is 0 Å². The van der Waals surface area contributed by atoms with Crippen LogP contribution in [0, 0.1) is 6.92 Å². The van der Waals surface area contributed by atoms with Crippen LogP contribution in [0.3, 0.4) is 0 Å². The SMILES string of the molecule is CCCNC(c1ccc(C)cc1Br)c1cnnn1C. The number of benzene rings is 1. The van der Waals surface area contributed by atoms with Gasteiger partial charge in [0.2, 0.25) is 0 Å². The summed E-state index contributed by atoms with van der Waals surface area (Å²) in [6, 6.07) is 6.53. The maximum atomic E-state index is 4.03. The summed E-state index contributed by atoms with van der Waals surface area (Å²) >= 11 is 3.66. The van der Waals surface area contributed by atoms with Crippen LogP contribution in [0.2, 0.25) is 0 Å². The first-order valence-corrected chi connectivity index (χ1v) is 7.26. The highest BCUT2D eigenvalue weighted by Crippen LogP contribution is 2.28. The number of nitrogens with zero attached hydrogens (tertiary/aromatic N) is 3. The van der Waals surface area contributed by atoms with E-state index in [4.69, 9.17) is 0 Å². The Balaban J connectivity index is 2.40. The molecule has 4 nitrogen and oxygen atoms in total. The lowest BCUT2D eigenvalue weighted by Gasteiger charge is -2.20. The molecule has 0 bridgehead atoms. The van der Waals surface area contributed by atoms with E-state index in [-0.39, 0.29) is 6.04 Å². The number of aromatic nitrogens is 3. The molecule has 0 saturated heterocycles. The molecule has 2 rings (SSSR count).